The number of carbonyl (C=O) groups excluding carboxylic acids is 1. The second-order valence-electron chi connectivity index (χ2n) is 5.47. The Morgan fingerprint density at radius 2 is 1.73 bits per heavy atom. The second-order valence-corrected chi connectivity index (χ2v) is 6.29. The maximum absolute atomic E-state index is 12.3. The van der Waals surface area contributed by atoms with Crippen molar-refractivity contribution in [3.8, 4) is 0 Å². The van der Waals surface area contributed by atoms with Gasteiger partial charge in [0.2, 0.25) is 0 Å². The van der Waals surface area contributed by atoms with Crippen molar-refractivity contribution < 1.29 is 14.7 Å². The number of carboxylic acids is 1. The SMILES string of the molecule is CNc1ccc(/C=C/CC(NC(=O)c2c(Cl)cccc2Cl)C(=O)O)cc1. The molecule has 1 unspecified atom stereocenters. The molecule has 26 heavy (non-hydrogen) atoms. The van der Waals surface area contributed by atoms with Crippen LogP contribution in [0.5, 0.6) is 0 Å². The zero-order chi connectivity index (χ0) is 19.1. The number of amides is 1. The molecule has 2 rings (SSSR count). The van der Waals surface area contributed by atoms with E-state index in [0.717, 1.165) is 11.3 Å². The summed E-state index contributed by atoms with van der Waals surface area (Å²) >= 11 is 12.0. The molecular formula is C19H18Cl2N2O3. The molecule has 0 spiro atoms. The van der Waals surface area contributed by atoms with Crippen molar-refractivity contribution in [2.24, 2.45) is 0 Å². The molecular weight excluding hydrogens is 375 g/mol. The lowest BCUT2D eigenvalue weighted by Crippen LogP contribution is -2.40. The van der Waals surface area contributed by atoms with Crippen LogP contribution in [-0.4, -0.2) is 30.1 Å². The highest BCUT2D eigenvalue weighted by Crippen LogP contribution is 2.24. The second kappa shape index (κ2) is 9.27. The van der Waals surface area contributed by atoms with E-state index >= 15 is 0 Å². The third-order valence-electron chi connectivity index (χ3n) is 3.67. The molecule has 0 aromatic heterocycles. The Hall–Kier alpha value is -2.50. The van der Waals surface area contributed by atoms with Crippen LogP contribution in [0, 0.1) is 0 Å². The van der Waals surface area contributed by atoms with Gasteiger partial charge in [-0.15, -0.1) is 0 Å². The van der Waals surface area contributed by atoms with E-state index in [9.17, 15) is 14.7 Å². The van der Waals surface area contributed by atoms with Crippen molar-refractivity contribution in [3.63, 3.8) is 0 Å². The highest BCUT2D eigenvalue weighted by Gasteiger charge is 2.22. The summed E-state index contributed by atoms with van der Waals surface area (Å²) in [5.74, 6) is -1.77. The fraction of sp³-hybridized carbons (Fsp3) is 0.158. The van der Waals surface area contributed by atoms with Gasteiger partial charge in [0.25, 0.3) is 5.91 Å². The third-order valence-corrected chi connectivity index (χ3v) is 4.30. The Morgan fingerprint density at radius 1 is 1.12 bits per heavy atom. The van der Waals surface area contributed by atoms with Crippen LogP contribution in [0.3, 0.4) is 0 Å². The number of nitrogens with one attached hydrogen (secondary N) is 2. The molecule has 1 atom stereocenters. The van der Waals surface area contributed by atoms with Crippen LogP contribution in [0.1, 0.15) is 22.3 Å². The molecule has 0 aliphatic heterocycles. The Morgan fingerprint density at radius 3 is 2.27 bits per heavy atom. The van der Waals surface area contributed by atoms with Gasteiger partial charge in [-0.05, 0) is 36.2 Å². The van der Waals surface area contributed by atoms with Gasteiger partial charge in [0.1, 0.15) is 6.04 Å². The first-order valence-corrected chi connectivity index (χ1v) is 8.60. The van der Waals surface area contributed by atoms with Crippen LogP contribution >= 0.6 is 23.2 Å². The van der Waals surface area contributed by atoms with Crippen LogP contribution < -0.4 is 10.6 Å². The van der Waals surface area contributed by atoms with Crippen LogP contribution in [0.2, 0.25) is 10.0 Å². The predicted octanol–water partition coefficient (Wildman–Crippen LogP) is 4.32. The number of hydrogen-bond acceptors (Lipinski definition) is 3. The fourth-order valence-corrected chi connectivity index (χ4v) is 2.84. The maximum Gasteiger partial charge on any atom is 0.326 e. The summed E-state index contributed by atoms with van der Waals surface area (Å²) in [7, 11) is 1.83. The van der Waals surface area contributed by atoms with Crippen molar-refractivity contribution >= 4 is 46.8 Å². The maximum atomic E-state index is 12.3. The van der Waals surface area contributed by atoms with E-state index in [1.807, 2.05) is 31.3 Å². The minimum atomic E-state index is -1.14. The van der Waals surface area contributed by atoms with Gasteiger partial charge in [0.05, 0.1) is 15.6 Å². The summed E-state index contributed by atoms with van der Waals surface area (Å²) in [6.45, 7) is 0. The standard InChI is InChI=1S/C19H18Cl2N2O3/c1-22-13-10-8-12(9-11-13)4-2-7-16(19(25)26)23-18(24)17-14(20)5-3-6-15(17)21/h2-6,8-11,16,22H,7H2,1H3,(H,23,24)(H,25,26)/b4-2+. The quantitative estimate of drug-likeness (QED) is 0.655. The largest absolute Gasteiger partial charge is 0.480 e. The number of anilines is 1. The number of rotatable bonds is 7. The topological polar surface area (TPSA) is 78.4 Å². The van der Waals surface area contributed by atoms with E-state index in [1.165, 1.54) is 12.1 Å². The number of carbonyl (C=O) groups is 2. The van der Waals surface area contributed by atoms with Crippen LogP contribution in [0.4, 0.5) is 5.69 Å². The van der Waals surface area contributed by atoms with Gasteiger partial charge in [-0.1, -0.05) is 53.6 Å². The molecule has 0 heterocycles. The average Bonchev–Trinajstić information content (AvgIpc) is 2.61. The van der Waals surface area contributed by atoms with Gasteiger partial charge in [0.15, 0.2) is 0 Å². The summed E-state index contributed by atoms with van der Waals surface area (Å²) in [6, 6.07) is 11.2. The van der Waals surface area contributed by atoms with E-state index < -0.39 is 17.9 Å². The summed E-state index contributed by atoms with van der Waals surface area (Å²) in [4.78, 5) is 23.8. The highest BCUT2D eigenvalue weighted by molar-refractivity contribution is 6.39. The van der Waals surface area contributed by atoms with Gasteiger partial charge in [0, 0.05) is 12.7 Å². The molecule has 5 nitrogen and oxygen atoms in total. The van der Waals surface area contributed by atoms with Crippen molar-refractivity contribution in [2.75, 3.05) is 12.4 Å². The number of halogens is 2. The highest BCUT2D eigenvalue weighted by atomic mass is 35.5. The minimum absolute atomic E-state index is 0.0636. The summed E-state index contributed by atoms with van der Waals surface area (Å²) in [6.07, 6.45) is 3.61. The molecule has 0 fully saturated rings. The van der Waals surface area contributed by atoms with Crippen LogP contribution in [0.15, 0.2) is 48.5 Å². The van der Waals surface area contributed by atoms with Gasteiger partial charge in [-0.2, -0.15) is 0 Å². The number of aliphatic carboxylic acids is 1. The van der Waals surface area contributed by atoms with E-state index in [0.29, 0.717) is 0 Å². The predicted molar refractivity (Wildman–Crippen MR) is 105 cm³/mol. The van der Waals surface area contributed by atoms with E-state index in [4.69, 9.17) is 23.2 Å². The summed E-state index contributed by atoms with van der Waals surface area (Å²) < 4.78 is 0. The van der Waals surface area contributed by atoms with E-state index in [2.05, 4.69) is 10.6 Å². The molecule has 3 N–H and O–H groups in total. The number of benzene rings is 2. The summed E-state index contributed by atoms with van der Waals surface area (Å²) in [5, 5.41) is 15.2. The Balaban J connectivity index is 2.05. The fourth-order valence-electron chi connectivity index (χ4n) is 2.27. The lowest BCUT2D eigenvalue weighted by Gasteiger charge is -2.14. The lowest BCUT2D eigenvalue weighted by atomic mass is 10.1. The normalized spacial score (nSPS) is 12.0. The van der Waals surface area contributed by atoms with Crippen molar-refractivity contribution in [1.82, 2.24) is 5.32 Å². The Bertz CT molecular complexity index is 800. The van der Waals surface area contributed by atoms with E-state index in [1.54, 1.807) is 18.2 Å². The van der Waals surface area contributed by atoms with Gasteiger partial charge < -0.3 is 15.7 Å². The lowest BCUT2D eigenvalue weighted by molar-refractivity contribution is -0.139. The zero-order valence-electron chi connectivity index (χ0n) is 14.0. The van der Waals surface area contributed by atoms with Gasteiger partial charge in [-0.25, -0.2) is 4.79 Å². The molecule has 1 amide bonds. The number of hydrogen-bond donors (Lipinski definition) is 3. The molecule has 0 bridgehead atoms. The van der Waals surface area contributed by atoms with Crippen molar-refractivity contribution in [1.29, 1.82) is 0 Å². The molecule has 0 saturated carbocycles. The molecule has 7 heteroatoms. The average molecular weight is 393 g/mol. The summed E-state index contributed by atoms with van der Waals surface area (Å²) in [5.41, 5.74) is 1.97. The molecule has 0 aliphatic carbocycles. The van der Waals surface area contributed by atoms with Crippen molar-refractivity contribution in [2.45, 2.75) is 12.5 Å². The monoisotopic (exact) mass is 392 g/mol. The molecule has 2 aromatic rings. The van der Waals surface area contributed by atoms with E-state index in [-0.39, 0.29) is 22.0 Å². The minimum Gasteiger partial charge on any atom is -0.480 e. The molecule has 136 valence electrons. The molecule has 0 radical (unpaired) electrons. The van der Waals surface area contributed by atoms with Crippen LogP contribution in [-0.2, 0) is 4.79 Å². The van der Waals surface area contributed by atoms with Gasteiger partial charge in [-0.3, -0.25) is 4.79 Å². The third kappa shape index (κ3) is 5.25. The zero-order valence-corrected chi connectivity index (χ0v) is 15.5. The van der Waals surface area contributed by atoms with Crippen LogP contribution in [0.25, 0.3) is 6.08 Å². The van der Waals surface area contributed by atoms with Gasteiger partial charge >= 0.3 is 5.97 Å². The molecule has 0 saturated heterocycles. The first-order valence-electron chi connectivity index (χ1n) is 7.84. The molecule has 2 aromatic carbocycles. The Kier molecular flexibility index (Phi) is 7.06. The first kappa shape index (κ1) is 19.8. The number of carboxylic acid groups (broad SMARTS) is 1. The molecule has 0 aliphatic rings. The van der Waals surface area contributed by atoms with Crippen molar-refractivity contribution in [3.05, 3.63) is 69.7 Å². The Labute approximate surface area is 161 Å². The first-order chi connectivity index (χ1) is 12.4. The smallest absolute Gasteiger partial charge is 0.326 e.